The first kappa shape index (κ1) is 43.3. The Kier molecular flexibility index (Phi) is 36.6. The highest BCUT2D eigenvalue weighted by molar-refractivity contribution is 4.79. The Bertz CT molecular complexity index is 482. The standard InChI is InChI=1S/C39H80N.BrH/c1-6-8-9-10-11-12-13-14-15-16-17-18-19-20-21-22-23-24-25-26-27-28-29-30-31-32-33-34-35-36-37-38-39(7-2)40(3,4)5;/h7,39H,2,6,8-38H2,1,3-5H3;1H/q+1;/p-1. The van der Waals surface area contributed by atoms with Crippen LogP contribution in [0.15, 0.2) is 12.7 Å². The lowest BCUT2D eigenvalue weighted by Crippen LogP contribution is -3.00. The van der Waals surface area contributed by atoms with E-state index in [4.69, 9.17) is 0 Å². The molecule has 0 amide bonds. The highest BCUT2D eigenvalue weighted by Crippen LogP contribution is 2.18. The second-order valence-corrected chi connectivity index (χ2v) is 14.3. The molecule has 248 valence electrons. The van der Waals surface area contributed by atoms with Crippen LogP contribution in [-0.4, -0.2) is 31.7 Å². The summed E-state index contributed by atoms with van der Waals surface area (Å²) >= 11 is 0. The van der Waals surface area contributed by atoms with Crippen LogP contribution in [0.2, 0.25) is 0 Å². The van der Waals surface area contributed by atoms with Crippen molar-refractivity contribution in [2.45, 2.75) is 218 Å². The molecule has 2 heteroatoms. The van der Waals surface area contributed by atoms with Gasteiger partial charge in [-0.2, -0.15) is 0 Å². The topological polar surface area (TPSA) is 0 Å². The van der Waals surface area contributed by atoms with Crippen molar-refractivity contribution >= 4 is 0 Å². The third-order valence-corrected chi connectivity index (χ3v) is 9.37. The maximum atomic E-state index is 4.03. The van der Waals surface area contributed by atoms with Gasteiger partial charge in [0.15, 0.2) is 0 Å². The SMILES string of the molecule is C=CC(CCCCCCCCCCCCCCCCCCCCCCCCCCCCCCCCC)[N+](C)(C)C.[Br-]. The maximum Gasteiger partial charge on any atom is 0.107 e. The van der Waals surface area contributed by atoms with Crippen LogP contribution in [0.1, 0.15) is 212 Å². The number of nitrogens with zero attached hydrogens (tertiary/aromatic N) is 1. The Balaban J connectivity index is 0. The van der Waals surface area contributed by atoms with E-state index in [1.807, 2.05) is 0 Å². The number of unbranched alkanes of at least 4 members (excludes halogenated alkanes) is 30. The maximum absolute atomic E-state index is 4.03. The first-order chi connectivity index (χ1) is 19.5. The molecule has 0 aromatic heterocycles. The van der Waals surface area contributed by atoms with Crippen LogP contribution in [0.3, 0.4) is 0 Å². The Morgan fingerprint density at radius 3 is 0.756 bits per heavy atom. The zero-order chi connectivity index (χ0) is 29.4. The van der Waals surface area contributed by atoms with Gasteiger partial charge in [-0.1, -0.05) is 206 Å². The molecule has 0 radical (unpaired) electrons. The molecule has 0 N–H and O–H groups in total. The molecule has 41 heavy (non-hydrogen) atoms. The highest BCUT2D eigenvalue weighted by Gasteiger charge is 2.19. The third kappa shape index (κ3) is 34.5. The normalized spacial score (nSPS) is 12.4. The molecule has 0 rings (SSSR count). The monoisotopic (exact) mass is 642 g/mol. The minimum absolute atomic E-state index is 0. The fourth-order valence-electron chi connectivity index (χ4n) is 6.37. The molecule has 0 aliphatic rings. The van der Waals surface area contributed by atoms with Gasteiger partial charge in [-0.3, -0.25) is 0 Å². The van der Waals surface area contributed by atoms with Gasteiger partial charge in [0, 0.05) is 6.42 Å². The number of quaternary nitrogens is 1. The van der Waals surface area contributed by atoms with Crippen LogP contribution in [0.5, 0.6) is 0 Å². The number of rotatable bonds is 34. The Labute approximate surface area is 272 Å². The van der Waals surface area contributed by atoms with Crippen molar-refractivity contribution in [2.75, 3.05) is 21.1 Å². The minimum atomic E-state index is 0. The molecule has 0 aromatic rings. The van der Waals surface area contributed by atoms with Crippen molar-refractivity contribution < 1.29 is 21.5 Å². The summed E-state index contributed by atoms with van der Waals surface area (Å²) in [6.45, 7) is 6.34. The zero-order valence-corrected chi connectivity index (χ0v) is 30.9. The molecular formula is C39H80BrN. The number of likely N-dealkylation sites (N-methyl/N-ethyl adjacent to an activating group) is 1. The lowest BCUT2D eigenvalue weighted by molar-refractivity contribution is -0.889. The second-order valence-electron chi connectivity index (χ2n) is 14.3. The molecule has 1 unspecified atom stereocenters. The summed E-state index contributed by atoms with van der Waals surface area (Å²) < 4.78 is 1.02. The van der Waals surface area contributed by atoms with Gasteiger partial charge in [-0.25, -0.2) is 0 Å². The molecule has 0 saturated heterocycles. The van der Waals surface area contributed by atoms with E-state index in [2.05, 4.69) is 40.7 Å². The molecule has 1 nitrogen and oxygen atoms in total. The molecule has 0 aliphatic heterocycles. The summed E-state index contributed by atoms with van der Waals surface area (Å²) in [5.74, 6) is 0. The van der Waals surface area contributed by atoms with E-state index in [0.29, 0.717) is 6.04 Å². The third-order valence-electron chi connectivity index (χ3n) is 9.37. The molecule has 0 heterocycles. The van der Waals surface area contributed by atoms with Crippen LogP contribution in [0.25, 0.3) is 0 Å². The Morgan fingerprint density at radius 1 is 0.390 bits per heavy atom. The molecule has 0 aliphatic carbocycles. The quantitative estimate of drug-likeness (QED) is 0.0372. The van der Waals surface area contributed by atoms with Crippen molar-refractivity contribution in [1.82, 2.24) is 0 Å². The van der Waals surface area contributed by atoms with Crippen LogP contribution in [0, 0.1) is 0 Å². The van der Waals surface area contributed by atoms with Crippen molar-refractivity contribution in [1.29, 1.82) is 0 Å². The Morgan fingerprint density at radius 2 is 0.585 bits per heavy atom. The summed E-state index contributed by atoms with van der Waals surface area (Å²) in [6.07, 6.45) is 49.0. The predicted molar refractivity (Wildman–Crippen MR) is 185 cm³/mol. The average molecular weight is 643 g/mol. The van der Waals surface area contributed by atoms with Crippen LogP contribution < -0.4 is 17.0 Å². The fraction of sp³-hybridized carbons (Fsp3) is 0.949. The molecule has 0 aromatic carbocycles. The van der Waals surface area contributed by atoms with Crippen molar-refractivity contribution in [3.05, 3.63) is 12.7 Å². The lowest BCUT2D eigenvalue weighted by atomic mass is 10.0. The zero-order valence-electron chi connectivity index (χ0n) is 29.3. The van der Waals surface area contributed by atoms with E-state index in [9.17, 15) is 0 Å². The van der Waals surface area contributed by atoms with Crippen molar-refractivity contribution in [3.8, 4) is 0 Å². The van der Waals surface area contributed by atoms with Crippen LogP contribution in [-0.2, 0) is 0 Å². The van der Waals surface area contributed by atoms with Gasteiger partial charge in [0.05, 0.1) is 21.1 Å². The van der Waals surface area contributed by atoms with E-state index in [1.165, 1.54) is 205 Å². The first-order valence-corrected chi connectivity index (χ1v) is 19.0. The summed E-state index contributed by atoms with van der Waals surface area (Å²) in [5.41, 5.74) is 0. The van der Waals surface area contributed by atoms with Gasteiger partial charge in [-0.05, 0) is 12.5 Å². The summed E-state index contributed by atoms with van der Waals surface area (Å²) in [7, 11) is 6.86. The van der Waals surface area contributed by atoms with E-state index in [-0.39, 0.29) is 17.0 Å². The van der Waals surface area contributed by atoms with Crippen molar-refractivity contribution in [3.63, 3.8) is 0 Å². The molecule has 0 saturated carbocycles. The second kappa shape index (κ2) is 34.7. The van der Waals surface area contributed by atoms with E-state index >= 15 is 0 Å². The highest BCUT2D eigenvalue weighted by atomic mass is 79.9. The number of hydrogen-bond acceptors (Lipinski definition) is 0. The van der Waals surface area contributed by atoms with Gasteiger partial charge in [0.25, 0.3) is 0 Å². The molecule has 0 fully saturated rings. The lowest BCUT2D eigenvalue weighted by Gasteiger charge is -2.32. The molecule has 0 spiro atoms. The number of halogens is 1. The van der Waals surface area contributed by atoms with Gasteiger partial charge < -0.3 is 21.5 Å². The summed E-state index contributed by atoms with van der Waals surface area (Å²) in [4.78, 5) is 0. The van der Waals surface area contributed by atoms with Gasteiger partial charge >= 0.3 is 0 Å². The fourth-order valence-corrected chi connectivity index (χ4v) is 6.37. The first-order valence-electron chi connectivity index (χ1n) is 19.0. The molecule has 1 atom stereocenters. The van der Waals surface area contributed by atoms with E-state index < -0.39 is 0 Å². The Hall–Kier alpha value is 0.180. The predicted octanol–water partition coefficient (Wildman–Crippen LogP) is 10.8. The minimum Gasteiger partial charge on any atom is -1.00 e. The largest absolute Gasteiger partial charge is 1.00 e. The summed E-state index contributed by atoms with van der Waals surface area (Å²) in [6, 6.07) is 0.615. The molecular weight excluding hydrogens is 562 g/mol. The van der Waals surface area contributed by atoms with Crippen molar-refractivity contribution in [2.24, 2.45) is 0 Å². The van der Waals surface area contributed by atoms with Gasteiger partial charge in [0.2, 0.25) is 0 Å². The van der Waals surface area contributed by atoms with E-state index in [0.717, 1.165) is 4.48 Å². The molecule has 0 bridgehead atoms. The van der Waals surface area contributed by atoms with Gasteiger partial charge in [0.1, 0.15) is 6.04 Å². The smallest absolute Gasteiger partial charge is 0.107 e. The average Bonchev–Trinajstić information content (AvgIpc) is 2.93. The summed E-state index contributed by atoms with van der Waals surface area (Å²) in [5, 5.41) is 0. The van der Waals surface area contributed by atoms with E-state index in [1.54, 1.807) is 0 Å². The van der Waals surface area contributed by atoms with Gasteiger partial charge in [-0.15, -0.1) is 0 Å². The van der Waals surface area contributed by atoms with Crippen LogP contribution in [0.4, 0.5) is 0 Å². The number of hydrogen-bond donors (Lipinski definition) is 0. The van der Waals surface area contributed by atoms with Crippen LogP contribution >= 0.6 is 0 Å².